The van der Waals surface area contributed by atoms with Crippen LogP contribution < -0.4 is 5.56 Å². The predicted molar refractivity (Wildman–Crippen MR) is 42.8 cm³/mol. The second-order valence-corrected chi connectivity index (χ2v) is 3.10. The Morgan fingerprint density at radius 1 is 1.64 bits per heavy atom. The highest BCUT2D eigenvalue weighted by molar-refractivity contribution is 7.16. The summed E-state index contributed by atoms with van der Waals surface area (Å²) >= 11 is 1.43. The number of nitrogens with one attached hydrogen (secondary N) is 1. The molecule has 0 saturated heterocycles. The van der Waals surface area contributed by atoms with E-state index >= 15 is 0 Å². The number of fused-ring (bicyclic) bond motifs is 1. The minimum Gasteiger partial charge on any atom is -0.267 e. The lowest BCUT2D eigenvalue weighted by Gasteiger charge is -1.84. The molecule has 0 bridgehead atoms. The zero-order valence-corrected chi connectivity index (χ0v) is 6.60. The first kappa shape index (κ1) is 6.48. The molecule has 0 amide bonds. The number of rotatable bonds is 0. The Morgan fingerprint density at radius 3 is 3.18 bits per heavy atom. The van der Waals surface area contributed by atoms with Crippen molar-refractivity contribution in [1.82, 2.24) is 15.4 Å². The van der Waals surface area contributed by atoms with Crippen LogP contribution in [0, 0.1) is 6.92 Å². The van der Waals surface area contributed by atoms with E-state index in [1.807, 2.05) is 12.3 Å². The largest absolute Gasteiger partial charge is 0.276 e. The van der Waals surface area contributed by atoms with Gasteiger partial charge in [-0.15, -0.1) is 16.4 Å². The summed E-state index contributed by atoms with van der Waals surface area (Å²) in [6.45, 7) is 1.88. The fourth-order valence-electron chi connectivity index (χ4n) is 0.952. The second kappa shape index (κ2) is 2.13. The van der Waals surface area contributed by atoms with Crippen LogP contribution in [0.4, 0.5) is 0 Å². The van der Waals surface area contributed by atoms with Crippen LogP contribution in [0.3, 0.4) is 0 Å². The van der Waals surface area contributed by atoms with Gasteiger partial charge in [-0.2, -0.15) is 0 Å². The van der Waals surface area contributed by atoms with Crippen molar-refractivity contribution in [2.75, 3.05) is 0 Å². The number of H-pyrrole nitrogens is 1. The monoisotopic (exact) mass is 167 g/mol. The van der Waals surface area contributed by atoms with Crippen LogP contribution in [0.2, 0.25) is 0 Å². The lowest BCUT2D eigenvalue weighted by Crippen LogP contribution is -2.08. The summed E-state index contributed by atoms with van der Waals surface area (Å²) in [6, 6.07) is 0. The molecule has 0 saturated carbocycles. The molecule has 2 rings (SSSR count). The van der Waals surface area contributed by atoms with Gasteiger partial charge in [0.2, 0.25) is 0 Å². The molecule has 2 aromatic rings. The third-order valence-electron chi connectivity index (χ3n) is 1.47. The Balaban J connectivity index is 3.08. The van der Waals surface area contributed by atoms with E-state index in [-0.39, 0.29) is 5.56 Å². The van der Waals surface area contributed by atoms with Gasteiger partial charge < -0.3 is 0 Å². The van der Waals surface area contributed by atoms with E-state index in [4.69, 9.17) is 0 Å². The number of nitrogens with zero attached hydrogens (tertiary/aromatic N) is 2. The molecule has 0 aromatic carbocycles. The molecule has 2 heterocycles. The van der Waals surface area contributed by atoms with Crippen molar-refractivity contribution >= 4 is 21.6 Å². The first-order valence-electron chi connectivity index (χ1n) is 3.08. The van der Waals surface area contributed by atoms with Gasteiger partial charge in [-0.1, -0.05) is 5.21 Å². The van der Waals surface area contributed by atoms with Gasteiger partial charge in [0, 0.05) is 0 Å². The Bertz CT molecular complexity index is 444. The molecule has 2 aromatic heterocycles. The second-order valence-electron chi connectivity index (χ2n) is 2.24. The Kier molecular flexibility index (Phi) is 1.25. The maximum absolute atomic E-state index is 11.1. The average Bonchev–Trinajstić information content (AvgIpc) is 2.34. The van der Waals surface area contributed by atoms with E-state index in [2.05, 4.69) is 15.4 Å². The molecule has 4 nitrogen and oxygen atoms in total. The van der Waals surface area contributed by atoms with E-state index in [1.54, 1.807) is 0 Å². The minimum absolute atomic E-state index is 0.159. The van der Waals surface area contributed by atoms with E-state index in [9.17, 15) is 4.79 Å². The van der Waals surface area contributed by atoms with Crippen LogP contribution >= 0.6 is 11.3 Å². The summed E-state index contributed by atoms with van der Waals surface area (Å²) < 4.78 is 0. The van der Waals surface area contributed by atoms with Crippen molar-refractivity contribution in [2.24, 2.45) is 0 Å². The summed E-state index contributed by atoms with van der Waals surface area (Å²) in [5.41, 5.74) is 0.801. The third-order valence-corrected chi connectivity index (χ3v) is 2.46. The number of aryl methyl sites for hydroxylation is 1. The van der Waals surface area contributed by atoms with Crippen molar-refractivity contribution in [2.45, 2.75) is 6.92 Å². The summed E-state index contributed by atoms with van der Waals surface area (Å²) in [5.74, 6) is 0. The summed E-state index contributed by atoms with van der Waals surface area (Å²) in [6.07, 6.45) is 0. The standard InChI is InChI=1S/C6H5N3OS/c1-3-2-11-6-4(3)5(10)7-9-8-6/h2H,1H3,(H,7,8,10). The van der Waals surface area contributed by atoms with Gasteiger partial charge in [-0.3, -0.25) is 4.79 Å². The first-order valence-corrected chi connectivity index (χ1v) is 3.96. The molecular weight excluding hydrogens is 162 g/mol. The molecule has 0 fully saturated rings. The molecule has 11 heavy (non-hydrogen) atoms. The molecule has 0 radical (unpaired) electrons. The summed E-state index contributed by atoms with van der Waals surface area (Å²) in [5, 5.41) is 12.1. The molecule has 1 N–H and O–H groups in total. The third kappa shape index (κ3) is 0.848. The van der Waals surface area contributed by atoms with Crippen molar-refractivity contribution in [3.05, 3.63) is 21.3 Å². The zero-order chi connectivity index (χ0) is 7.84. The topological polar surface area (TPSA) is 58.6 Å². The van der Waals surface area contributed by atoms with Gasteiger partial charge in [-0.05, 0) is 17.9 Å². The van der Waals surface area contributed by atoms with E-state index in [1.165, 1.54) is 11.3 Å². The van der Waals surface area contributed by atoms with Crippen molar-refractivity contribution in [3.63, 3.8) is 0 Å². The predicted octanol–water partition coefficient (Wildman–Crippen LogP) is 0.688. The average molecular weight is 167 g/mol. The molecule has 0 spiro atoms. The molecule has 56 valence electrons. The molecule has 0 aliphatic heterocycles. The lowest BCUT2D eigenvalue weighted by atomic mass is 10.3. The SMILES string of the molecule is Cc1csc2nn[nH]c(=O)c12. The van der Waals surface area contributed by atoms with Gasteiger partial charge in [-0.25, -0.2) is 5.10 Å². The Labute approximate surface area is 65.9 Å². The van der Waals surface area contributed by atoms with Crippen LogP contribution in [0.5, 0.6) is 0 Å². The van der Waals surface area contributed by atoms with Crippen molar-refractivity contribution in [1.29, 1.82) is 0 Å². The number of hydrogen-bond donors (Lipinski definition) is 1. The quantitative estimate of drug-likeness (QED) is 0.628. The van der Waals surface area contributed by atoms with E-state index in [0.29, 0.717) is 10.2 Å². The normalized spacial score (nSPS) is 10.6. The van der Waals surface area contributed by atoms with Gasteiger partial charge in [0.05, 0.1) is 5.39 Å². The molecule has 0 unspecified atom stereocenters. The number of thiophene rings is 1. The highest BCUT2D eigenvalue weighted by Crippen LogP contribution is 2.17. The first-order chi connectivity index (χ1) is 5.29. The molecule has 0 atom stereocenters. The molecular formula is C6H5N3OS. The van der Waals surface area contributed by atoms with E-state index < -0.39 is 0 Å². The lowest BCUT2D eigenvalue weighted by molar-refractivity contribution is 0.876. The maximum Gasteiger partial charge on any atom is 0.276 e. The summed E-state index contributed by atoms with van der Waals surface area (Å²) in [4.78, 5) is 11.8. The van der Waals surface area contributed by atoms with Crippen molar-refractivity contribution in [3.8, 4) is 0 Å². The Morgan fingerprint density at radius 2 is 2.45 bits per heavy atom. The smallest absolute Gasteiger partial charge is 0.267 e. The van der Waals surface area contributed by atoms with Crippen LogP contribution in [0.15, 0.2) is 10.2 Å². The maximum atomic E-state index is 11.1. The molecule has 5 heteroatoms. The highest BCUT2D eigenvalue weighted by Gasteiger charge is 2.04. The minimum atomic E-state index is -0.159. The van der Waals surface area contributed by atoms with Gasteiger partial charge in [0.25, 0.3) is 5.56 Å². The van der Waals surface area contributed by atoms with Gasteiger partial charge >= 0.3 is 0 Å². The van der Waals surface area contributed by atoms with Crippen LogP contribution in [0.25, 0.3) is 10.2 Å². The van der Waals surface area contributed by atoms with Crippen LogP contribution in [-0.4, -0.2) is 15.4 Å². The fraction of sp³-hybridized carbons (Fsp3) is 0.167. The van der Waals surface area contributed by atoms with Gasteiger partial charge in [0.1, 0.15) is 0 Å². The van der Waals surface area contributed by atoms with Crippen molar-refractivity contribution < 1.29 is 0 Å². The highest BCUT2D eigenvalue weighted by atomic mass is 32.1. The van der Waals surface area contributed by atoms with Crippen LogP contribution in [-0.2, 0) is 0 Å². The Hall–Kier alpha value is -1.23. The van der Waals surface area contributed by atoms with E-state index in [0.717, 1.165) is 5.56 Å². The molecule has 0 aliphatic carbocycles. The zero-order valence-electron chi connectivity index (χ0n) is 5.79. The van der Waals surface area contributed by atoms with Gasteiger partial charge in [0.15, 0.2) is 4.83 Å². The number of aromatic amines is 1. The fourth-order valence-corrected chi connectivity index (χ4v) is 1.82. The summed E-state index contributed by atoms with van der Waals surface area (Å²) in [7, 11) is 0. The molecule has 0 aliphatic rings. The number of aromatic nitrogens is 3. The number of hydrogen-bond acceptors (Lipinski definition) is 4. The van der Waals surface area contributed by atoms with Crippen LogP contribution in [0.1, 0.15) is 5.56 Å².